The predicted molar refractivity (Wildman–Crippen MR) is 73.3 cm³/mol. The summed E-state index contributed by atoms with van der Waals surface area (Å²) >= 11 is 5.95. The van der Waals surface area contributed by atoms with E-state index in [9.17, 15) is 8.78 Å². The molecule has 0 fully saturated rings. The van der Waals surface area contributed by atoms with Gasteiger partial charge in [-0.1, -0.05) is 35.4 Å². The molecule has 2 N–H and O–H groups in total. The first-order chi connectivity index (χ1) is 8.90. The van der Waals surface area contributed by atoms with Crippen LogP contribution in [-0.2, 0) is 0 Å². The van der Waals surface area contributed by atoms with Crippen molar-refractivity contribution in [2.75, 3.05) is 0 Å². The minimum atomic E-state index is -0.970. The zero-order chi connectivity index (χ0) is 14.2. The second kappa shape index (κ2) is 5.27. The molecule has 19 heavy (non-hydrogen) atoms. The Balaban J connectivity index is 2.52. The molecular formula is C15H14ClF2N. The molecule has 1 nitrogen and oxygen atoms in total. The van der Waals surface area contributed by atoms with Crippen molar-refractivity contribution >= 4 is 11.6 Å². The van der Waals surface area contributed by atoms with Gasteiger partial charge in [0.15, 0.2) is 11.6 Å². The lowest BCUT2D eigenvalue weighted by molar-refractivity contribution is 0.506. The zero-order valence-electron chi connectivity index (χ0n) is 10.7. The standard InChI is InChI=1S/C15H14ClF2N/c1-8-3-4-9(2)10(5-8)15(19)11-6-13(17)14(18)7-12(11)16/h3-7,15H,19H2,1-2H3. The summed E-state index contributed by atoms with van der Waals surface area (Å²) in [5.41, 5.74) is 9.41. The summed E-state index contributed by atoms with van der Waals surface area (Å²) in [6, 6.07) is 7.28. The molecule has 0 saturated heterocycles. The highest BCUT2D eigenvalue weighted by Gasteiger charge is 2.17. The normalized spacial score (nSPS) is 12.5. The van der Waals surface area contributed by atoms with E-state index in [1.807, 2.05) is 32.0 Å². The molecule has 0 spiro atoms. The van der Waals surface area contributed by atoms with Crippen LogP contribution in [0.4, 0.5) is 8.78 Å². The number of hydrogen-bond donors (Lipinski definition) is 1. The Labute approximate surface area is 116 Å². The third-order valence-corrected chi connectivity index (χ3v) is 3.47. The van der Waals surface area contributed by atoms with Crippen molar-refractivity contribution in [3.63, 3.8) is 0 Å². The van der Waals surface area contributed by atoms with Crippen molar-refractivity contribution in [2.24, 2.45) is 5.73 Å². The largest absolute Gasteiger partial charge is 0.320 e. The number of benzene rings is 2. The Morgan fingerprint density at radius 3 is 2.32 bits per heavy atom. The van der Waals surface area contributed by atoms with Crippen LogP contribution in [0.2, 0.25) is 5.02 Å². The fraction of sp³-hybridized carbons (Fsp3) is 0.200. The highest BCUT2D eigenvalue weighted by atomic mass is 35.5. The lowest BCUT2D eigenvalue weighted by Crippen LogP contribution is -2.14. The molecule has 0 saturated carbocycles. The minimum Gasteiger partial charge on any atom is -0.320 e. The second-order valence-corrected chi connectivity index (χ2v) is 5.03. The maximum Gasteiger partial charge on any atom is 0.160 e. The maximum absolute atomic E-state index is 13.3. The molecule has 0 amide bonds. The summed E-state index contributed by atoms with van der Waals surface area (Å²) in [6.45, 7) is 3.87. The number of halogens is 3. The lowest BCUT2D eigenvalue weighted by Gasteiger charge is -2.17. The van der Waals surface area contributed by atoms with E-state index in [1.165, 1.54) is 0 Å². The number of aryl methyl sites for hydroxylation is 2. The van der Waals surface area contributed by atoms with Crippen LogP contribution in [0.15, 0.2) is 30.3 Å². The number of nitrogens with two attached hydrogens (primary N) is 1. The molecule has 2 aromatic rings. The molecule has 1 unspecified atom stereocenters. The van der Waals surface area contributed by atoms with E-state index in [4.69, 9.17) is 17.3 Å². The van der Waals surface area contributed by atoms with Crippen LogP contribution < -0.4 is 5.73 Å². The average molecular weight is 282 g/mol. The van der Waals surface area contributed by atoms with Crippen LogP contribution in [0.25, 0.3) is 0 Å². The lowest BCUT2D eigenvalue weighted by atomic mass is 9.94. The van der Waals surface area contributed by atoms with Crippen molar-refractivity contribution in [1.29, 1.82) is 0 Å². The Bertz CT molecular complexity index is 626. The van der Waals surface area contributed by atoms with Crippen LogP contribution in [0, 0.1) is 25.5 Å². The molecule has 0 radical (unpaired) electrons. The quantitative estimate of drug-likeness (QED) is 0.817. The van der Waals surface area contributed by atoms with Gasteiger partial charge in [0.2, 0.25) is 0 Å². The van der Waals surface area contributed by atoms with E-state index in [0.29, 0.717) is 5.56 Å². The third-order valence-electron chi connectivity index (χ3n) is 3.14. The van der Waals surface area contributed by atoms with Crippen LogP contribution in [0.3, 0.4) is 0 Å². The number of hydrogen-bond acceptors (Lipinski definition) is 1. The van der Waals surface area contributed by atoms with Gasteiger partial charge in [0.1, 0.15) is 0 Å². The minimum absolute atomic E-state index is 0.132. The molecule has 4 heteroatoms. The number of rotatable bonds is 2. The van der Waals surface area contributed by atoms with Gasteiger partial charge in [-0.15, -0.1) is 0 Å². The van der Waals surface area contributed by atoms with Crippen LogP contribution in [-0.4, -0.2) is 0 Å². The maximum atomic E-state index is 13.3. The SMILES string of the molecule is Cc1ccc(C)c(C(N)c2cc(F)c(F)cc2Cl)c1. The van der Waals surface area contributed by atoms with Gasteiger partial charge in [0.05, 0.1) is 6.04 Å². The molecule has 0 aromatic heterocycles. The Hall–Kier alpha value is -1.45. The monoisotopic (exact) mass is 281 g/mol. The van der Waals surface area contributed by atoms with Crippen molar-refractivity contribution in [2.45, 2.75) is 19.9 Å². The van der Waals surface area contributed by atoms with E-state index >= 15 is 0 Å². The van der Waals surface area contributed by atoms with Gasteiger partial charge in [0, 0.05) is 5.02 Å². The van der Waals surface area contributed by atoms with E-state index in [1.54, 1.807) is 0 Å². The van der Waals surface area contributed by atoms with E-state index in [2.05, 4.69) is 0 Å². The molecule has 2 rings (SSSR count). The summed E-state index contributed by atoms with van der Waals surface area (Å²) in [4.78, 5) is 0. The Kier molecular flexibility index (Phi) is 3.88. The first-order valence-electron chi connectivity index (χ1n) is 5.87. The summed E-state index contributed by atoms with van der Waals surface area (Å²) in [6.07, 6.45) is 0. The van der Waals surface area contributed by atoms with Gasteiger partial charge in [-0.3, -0.25) is 0 Å². The smallest absolute Gasteiger partial charge is 0.160 e. The van der Waals surface area contributed by atoms with E-state index < -0.39 is 17.7 Å². The Morgan fingerprint density at radius 2 is 1.63 bits per heavy atom. The van der Waals surface area contributed by atoms with Crippen LogP contribution >= 0.6 is 11.6 Å². The molecule has 100 valence electrons. The highest BCUT2D eigenvalue weighted by Crippen LogP contribution is 2.30. The van der Waals surface area contributed by atoms with Crippen molar-refractivity contribution in [1.82, 2.24) is 0 Å². The predicted octanol–water partition coefficient (Wildman–Crippen LogP) is 4.28. The molecular weight excluding hydrogens is 268 g/mol. The fourth-order valence-corrected chi connectivity index (χ4v) is 2.31. The molecule has 1 atom stereocenters. The van der Waals surface area contributed by atoms with Gasteiger partial charge >= 0.3 is 0 Å². The van der Waals surface area contributed by atoms with Crippen molar-refractivity contribution in [3.8, 4) is 0 Å². The molecule has 0 aliphatic heterocycles. The van der Waals surface area contributed by atoms with Gasteiger partial charge in [-0.25, -0.2) is 8.78 Å². The second-order valence-electron chi connectivity index (χ2n) is 4.63. The zero-order valence-corrected chi connectivity index (χ0v) is 11.4. The first-order valence-corrected chi connectivity index (χ1v) is 6.25. The molecule has 0 heterocycles. The summed E-state index contributed by atoms with van der Waals surface area (Å²) < 4.78 is 26.4. The molecule has 0 aliphatic rings. The van der Waals surface area contributed by atoms with E-state index in [-0.39, 0.29) is 5.02 Å². The molecule has 0 bridgehead atoms. The van der Waals surface area contributed by atoms with Crippen LogP contribution in [0.5, 0.6) is 0 Å². The summed E-state index contributed by atoms with van der Waals surface area (Å²) in [5.74, 6) is -1.91. The van der Waals surface area contributed by atoms with Gasteiger partial charge in [-0.2, -0.15) is 0 Å². The topological polar surface area (TPSA) is 26.0 Å². The molecule has 2 aromatic carbocycles. The van der Waals surface area contributed by atoms with E-state index in [0.717, 1.165) is 28.8 Å². The highest BCUT2D eigenvalue weighted by molar-refractivity contribution is 6.31. The van der Waals surface area contributed by atoms with Crippen molar-refractivity contribution < 1.29 is 8.78 Å². The fourth-order valence-electron chi connectivity index (χ4n) is 2.04. The summed E-state index contributed by atoms with van der Waals surface area (Å²) in [5, 5.41) is 0.132. The van der Waals surface area contributed by atoms with Crippen LogP contribution in [0.1, 0.15) is 28.3 Å². The Morgan fingerprint density at radius 1 is 1.00 bits per heavy atom. The molecule has 0 aliphatic carbocycles. The average Bonchev–Trinajstić information content (AvgIpc) is 2.36. The first kappa shape index (κ1) is 14.0. The summed E-state index contributed by atoms with van der Waals surface area (Å²) in [7, 11) is 0. The van der Waals surface area contributed by atoms with Gasteiger partial charge in [-0.05, 0) is 42.7 Å². The van der Waals surface area contributed by atoms with Gasteiger partial charge < -0.3 is 5.73 Å². The third kappa shape index (κ3) is 2.77. The van der Waals surface area contributed by atoms with Crippen molar-refractivity contribution in [3.05, 3.63) is 69.2 Å². The van der Waals surface area contributed by atoms with Gasteiger partial charge in [0.25, 0.3) is 0 Å².